The number of nitrogens with two attached hydrogens (primary N) is 1. The molecular formula is C26H27ClFN9O2. The van der Waals surface area contributed by atoms with E-state index in [0.717, 1.165) is 24.5 Å². The number of carbonyl (C=O) groups excluding carboxylic acids is 1. The number of pyridine rings is 1. The van der Waals surface area contributed by atoms with Gasteiger partial charge in [-0.25, -0.2) is 8.91 Å². The van der Waals surface area contributed by atoms with E-state index >= 15 is 0 Å². The maximum atomic E-state index is 14.7. The molecule has 1 aliphatic rings. The molecule has 0 bridgehead atoms. The summed E-state index contributed by atoms with van der Waals surface area (Å²) in [5.74, 6) is -0.994. The Bertz CT molecular complexity index is 1630. The highest BCUT2D eigenvalue weighted by molar-refractivity contribution is 6.34. The molecule has 0 aliphatic heterocycles. The van der Waals surface area contributed by atoms with Crippen molar-refractivity contribution in [3.63, 3.8) is 0 Å². The fourth-order valence-corrected chi connectivity index (χ4v) is 4.08. The van der Waals surface area contributed by atoms with Gasteiger partial charge >= 0.3 is 0 Å². The van der Waals surface area contributed by atoms with Crippen molar-refractivity contribution < 1.29 is 14.3 Å². The molecular weight excluding hydrogens is 525 g/mol. The number of nitrogens with zero attached hydrogens (tertiary/aromatic N) is 7. The number of carbonyl (C=O) groups is 1. The number of benzene rings is 1. The van der Waals surface area contributed by atoms with Gasteiger partial charge in [-0.2, -0.15) is 9.90 Å². The van der Waals surface area contributed by atoms with Gasteiger partial charge in [-0.15, -0.1) is 10.2 Å². The molecule has 0 unspecified atom stereocenters. The van der Waals surface area contributed by atoms with Crippen molar-refractivity contribution in [2.45, 2.75) is 45.3 Å². The fourth-order valence-electron chi connectivity index (χ4n) is 3.88. The number of anilines is 1. The number of aromatic nitrogens is 6. The van der Waals surface area contributed by atoms with Gasteiger partial charge in [0, 0.05) is 29.2 Å². The SMILES string of the molecule is C/C(N)=C(/C=NCC(C)(C)O)c1ccc2c(C(=O)Nc3cc(-c4nnn(C5CC5)n4)c(F)cc3Cl)cnn2c1. The molecule has 1 aromatic carbocycles. The van der Waals surface area contributed by atoms with E-state index in [1.54, 1.807) is 49.8 Å². The predicted molar refractivity (Wildman–Crippen MR) is 146 cm³/mol. The van der Waals surface area contributed by atoms with Gasteiger partial charge in [0.2, 0.25) is 5.82 Å². The molecule has 39 heavy (non-hydrogen) atoms. The van der Waals surface area contributed by atoms with Crippen LogP contribution in [0.4, 0.5) is 10.1 Å². The zero-order valence-corrected chi connectivity index (χ0v) is 22.3. The average molecular weight is 552 g/mol. The highest BCUT2D eigenvalue weighted by Crippen LogP contribution is 2.35. The lowest BCUT2D eigenvalue weighted by atomic mass is 10.1. The summed E-state index contributed by atoms with van der Waals surface area (Å²) < 4.78 is 16.2. The Balaban J connectivity index is 1.39. The first kappa shape index (κ1) is 26.4. The van der Waals surface area contributed by atoms with Crippen LogP contribution in [0.3, 0.4) is 0 Å². The molecule has 1 saturated carbocycles. The van der Waals surface area contributed by atoms with Crippen LogP contribution in [0.5, 0.6) is 0 Å². The Morgan fingerprint density at radius 2 is 2.13 bits per heavy atom. The molecule has 202 valence electrons. The van der Waals surface area contributed by atoms with Crippen molar-refractivity contribution in [2.24, 2.45) is 10.7 Å². The van der Waals surface area contributed by atoms with Crippen LogP contribution in [-0.4, -0.2) is 59.2 Å². The molecule has 3 heterocycles. The predicted octanol–water partition coefficient (Wildman–Crippen LogP) is 3.90. The number of tetrazole rings is 1. The van der Waals surface area contributed by atoms with Gasteiger partial charge in [0.25, 0.3) is 5.91 Å². The Labute approximate surface area is 228 Å². The number of amides is 1. The molecule has 1 aliphatic carbocycles. The normalized spacial score (nSPS) is 14.7. The number of nitrogens with one attached hydrogen (secondary N) is 1. The maximum Gasteiger partial charge on any atom is 0.259 e. The molecule has 5 rings (SSSR count). The van der Waals surface area contributed by atoms with E-state index in [4.69, 9.17) is 17.3 Å². The second kappa shape index (κ2) is 10.2. The number of hydrogen-bond donors (Lipinski definition) is 3. The van der Waals surface area contributed by atoms with Gasteiger partial charge in [0.15, 0.2) is 0 Å². The largest absolute Gasteiger partial charge is 0.402 e. The maximum absolute atomic E-state index is 14.7. The third-order valence-electron chi connectivity index (χ3n) is 6.04. The van der Waals surface area contributed by atoms with E-state index in [1.807, 2.05) is 0 Å². The minimum atomic E-state index is -0.946. The van der Waals surface area contributed by atoms with Crippen molar-refractivity contribution in [2.75, 3.05) is 11.9 Å². The van der Waals surface area contributed by atoms with E-state index in [2.05, 4.69) is 30.8 Å². The van der Waals surface area contributed by atoms with Crippen LogP contribution in [0.1, 0.15) is 55.6 Å². The van der Waals surface area contributed by atoms with E-state index in [-0.39, 0.29) is 40.2 Å². The fraction of sp³-hybridized carbons (Fsp3) is 0.308. The molecule has 0 atom stereocenters. The van der Waals surface area contributed by atoms with Crippen LogP contribution in [0.25, 0.3) is 22.5 Å². The lowest BCUT2D eigenvalue weighted by Crippen LogP contribution is -2.22. The second-order valence-corrected chi connectivity index (χ2v) is 10.5. The van der Waals surface area contributed by atoms with E-state index < -0.39 is 17.3 Å². The number of aliphatic hydroxyl groups is 1. The Morgan fingerprint density at radius 3 is 2.82 bits per heavy atom. The molecule has 0 radical (unpaired) electrons. The van der Waals surface area contributed by atoms with Crippen LogP contribution in [0, 0.1) is 5.82 Å². The van der Waals surface area contributed by atoms with Crippen LogP contribution in [0.2, 0.25) is 5.02 Å². The van der Waals surface area contributed by atoms with Crippen LogP contribution >= 0.6 is 11.6 Å². The molecule has 3 aromatic heterocycles. The smallest absolute Gasteiger partial charge is 0.259 e. The van der Waals surface area contributed by atoms with E-state index in [9.17, 15) is 14.3 Å². The molecule has 0 spiro atoms. The zero-order chi connectivity index (χ0) is 27.9. The number of hydrogen-bond acceptors (Lipinski definition) is 8. The number of fused-ring (bicyclic) bond motifs is 1. The lowest BCUT2D eigenvalue weighted by Gasteiger charge is -2.13. The minimum Gasteiger partial charge on any atom is -0.402 e. The van der Waals surface area contributed by atoms with Gasteiger partial charge in [0.1, 0.15) is 5.82 Å². The number of aliphatic imine (C=N–C) groups is 1. The average Bonchev–Trinajstić information content (AvgIpc) is 3.44. The lowest BCUT2D eigenvalue weighted by molar-refractivity contribution is 0.0905. The Hall–Kier alpha value is -4.16. The van der Waals surface area contributed by atoms with E-state index in [1.165, 1.54) is 17.1 Å². The Kier molecular flexibility index (Phi) is 6.91. The molecule has 1 fully saturated rings. The minimum absolute atomic E-state index is 0.0245. The summed E-state index contributed by atoms with van der Waals surface area (Å²) in [6.07, 6.45) is 6.68. The third kappa shape index (κ3) is 5.81. The van der Waals surface area contributed by atoms with Gasteiger partial charge in [0.05, 0.1) is 51.7 Å². The summed E-state index contributed by atoms with van der Waals surface area (Å²) in [5.41, 5.74) is 8.16. The second-order valence-electron chi connectivity index (χ2n) is 10.1. The summed E-state index contributed by atoms with van der Waals surface area (Å²) in [4.78, 5) is 19.0. The quantitative estimate of drug-likeness (QED) is 0.281. The van der Waals surface area contributed by atoms with Crippen LogP contribution in [-0.2, 0) is 0 Å². The van der Waals surface area contributed by atoms with Gasteiger partial charge in [-0.05, 0) is 57.0 Å². The first-order chi connectivity index (χ1) is 18.5. The topological polar surface area (TPSA) is 149 Å². The monoisotopic (exact) mass is 551 g/mol. The Morgan fingerprint density at radius 1 is 1.36 bits per heavy atom. The molecule has 11 nitrogen and oxygen atoms in total. The standard InChI is InChI=1S/C26H27ClFN9O2/c1-14(29)18(10-30-13-26(2,3)39)15-4-7-23-19(11-31-36(23)12-15)25(38)32-22-8-17(21(28)9-20(22)27)24-33-35-37(34-24)16-5-6-16/h4,7-12,16,39H,5-6,13,29H2,1-3H3,(H,32,38)/b18-14+,30-10?. The first-order valence-electron chi connectivity index (χ1n) is 12.3. The third-order valence-corrected chi connectivity index (χ3v) is 6.36. The van der Waals surface area contributed by atoms with Gasteiger partial charge in [-0.1, -0.05) is 17.7 Å². The molecule has 0 saturated heterocycles. The van der Waals surface area contributed by atoms with Gasteiger partial charge < -0.3 is 16.2 Å². The molecule has 1 amide bonds. The molecule has 4 N–H and O–H groups in total. The zero-order valence-electron chi connectivity index (χ0n) is 21.6. The number of rotatable bonds is 8. The van der Waals surface area contributed by atoms with Crippen molar-refractivity contribution in [3.05, 3.63) is 64.3 Å². The molecule has 13 heteroatoms. The summed E-state index contributed by atoms with van der Waals surface area (Å²) in [5, 5.41) is 29.2. The van der Waals surface area contributed by atoms with Crippen LogP contribution in [0.15, 0.2) is 47.3 Å². The summed E-state index contributed by atoms with van der Waals surface area (Å²) >= 11 is 6.25. The number of allylic oxidation sites excluding steroid dienone is 2. The van der Waals surface area contributed by atoms with Crippen LogP contribution < -0.4 is 11.1 Å². The highest BCUT2D eigenvalue weighted by atomic mass is 35.5. The van der Waals surface area contributed by atoms with Gasteiger partial charge in [-0.3, -0.25) is 9.79 Å². The van der Waals surface area contributed by atoms with Crippen molar-refractivity contribution >= 4 is 40.5 Å². The molecule has 4 aromatic rings. The number of halogens is 2. The summed E-state index contributed by atoms with van der Waals surface area (Å²) in [7, 11) is 0. The summed E-state index contributed by atoms with van der Waals surface area (Å²) in [6, 6.07) is 6.23. The van der Waals surface area contributed by atoms with Crippen molar-refractivity contribution in [3.8, 4) is 11.4 Å². The van der Waals surface area contributed by atoms with Crippen molar-refractivity contribution in [1.82, 2.24) is 29.8 Å². The van der Waals surface area contributed by atoms with Crippen molar-refractivity contribution in [1.29, 1.82) is 0 Å². The van der Waals surface area contributed by atoms with E-state index in [0.29, 0.717) is 16.8 Å². The highest BCUT2D eigenvalue weighted by Gasteiger charge is 2.27. The first-order valence-corrected chi connectivity index (χ1v) is 12.6. The summed E-state index contributed by atoms with van der Waals surface area (Å²) in [6.45, 7) is 5.30.